The predicted octanol–water partition coefficient (Wildman–Crippen LogP) is 14.2. The highest BCUT2D eigenvalue weighted by Crippen LogP contribution is 2.53. The van der Waals surface area contributed by atoms with Crippen LogP contribution in [-0.2, 0) is 0 Å². The first-order valence-electron chi connectivity index (χ1n) is 21.5. The van der Waals surface area contributed by atoms with Gasteiger partial charge in [-0.2, -0.15) is 0 Å². The van der Waals surface area contributed by atoms with Gasteiger partial charge < -0.3 is 0 Å². The van der Waals surface area contributed by atoms with Crippen LogP contribution < -0.4 is 0 Å². The van der Waals surface area contributed by atoms with Crippen molar-refractivity contribution in [1.82, 2.24) is 19.9 Å². The molecule has 62 heavy (non-hydrogen) atoms. The van der Waals surface area contributed by atoms with E-state index in [4.69, 9.17) is 15.0 Å². The molecular weight excluding hydrogens is 753 g/mol. The molecule has 0 aliphatic heterocycles. The third-order valence-corrected chi connectivity index (χ3v) is 12.8. The van der Waals surface area contributed by atoms with E-state index in [1.165, 1.54) is 39.0 Å². The lowest BCUT2D eigenvalue weighted by Crippen LogP contribution is -2.16. The monoisotopic (exact) mass is 792 g/mol. The second-order valence-corrected chi connectivity index (χ2v) is 16.4. The van der Waals surface area contributed by atoms with Crippen LogP contribution in [0.15, 0.2) is 212 Å². The molecule has 8 aromatic rings. The van der Waals surface area contributed by atoms with Gasteiger partial charge in [-0.15, -0.1) is 0 Å². The molecule has 2 heterocycles. The van der Waals surface area contributed by atoms with Crippen molar-refractivity contribution in [2.75, 3.05) is 0 Å². The quantitative estimate of drug-likeness (QED) is 0.161. The van der Waals surface area contributed by atoms with Gasteiger partial charge in [-0.25, -0.2) is 15.0 Å². The molecule has 2 aromatic heterocycles. The van der Waals surface area contributed by atoms with Gasteiger partial charge in [0, 0.05) is 40.1 Å². The summed E-state index contributed by atoms with van der Waals surface area (Å²) in [4.78, 5) is 20.0. The molecule has 4 aliphatic rings. The lowest BCUT2D eigenvalue weighted by atomic mass is 9.73. The maximum Gasteiger partial charge on any atom is 0.164 e. The third kappa shape index (κ3) is 6.31. The minimum Gasteiger partial charge on any atom is -0.256 e. The van der Waals surface area contributed by atoms with Crippen LogP contribution in [-0.4, -0.2) is 19.9 Å². The van der Waals surface area contributed by atoms with Gasteiger partial charge in [0.25, 0.3) is 0 Å². The number of rotatable bonds is 7. The highest BCUT2D eigenvalue weighted by Gasteiger charge is 2.36. The number of pyridine rings is 1. The molecule has 0 fully saturated rings. The zero-order valence-corrected chi connectivity index (χ0v) is 34.0. The Balaban J connectivity index is 0.955. The molecule has 4 nitrogen and oxygen atoms in total. The Kier molecular flexibility index (Phi) is 8.74. The molecule has 0 saturated carbocycles. The number of fused-ring (bicyclic) bond motifs is 4. The van der Waals surface area contributed by atoms with Gasteiger partial charge in [-0.05, 0) is 110 Å². The summed E-state index contributed by atoms with van der Waals surface area (Å²) in [6, 6.07) is 54.3. The van der Waals surface area contributed by atoms with E-state index in [9.17, 15) is 0 Å². The summed E-state index contributed by atoms with van der Waals surface area (Å²) in [7, 11) is 0. The van der Waals surface area contributed by atoms with Crippen LogP contribution in [0.4, 0.5) is 0 Å². The van der Waals surface area contributed by atoms with E-state index in [1.54, 1.807) is 0 Å². The molecule has 0 saturated heterocycles. The number of nitrogens with zero attached hydrogens (tertiary/aromatic N) is 4. The molecule has 12 rings (SSSR count). The summed E-state index contributed by atoms with van der Waals surface area (Å²) in [5.41, 5.74) is 18.9. The number of aromatic nitrogens is 4. The Morgan fingerprint density at radius 3 is 1.94 bits per heavy atom. The lowest BCUT2D eigenvalue weighted by Gasteiger charge is -2.30. The van der Waals surface area contributed by atoms with E-state index in [1.807, 2.05) is 30.5 Å². The third-order valence-electron chi connectivity index (χ3n) is 12.8. The van der Waals surface area contributed by atoms with Gasteiger partial charge in [-0.3, -0.25) is 4.98 Å². The van der Waals surface area contributed by atoms with Crippen LogP contribution in [0.2, 0.25) is 0 Å². The van der Waals surface area contributed by atoms with Gasteiger partial charge in [0.1, 0.15) is 0 Å². The summed E-state index contributed by atoms with van der Waals surface area (Å²) in [6.45, 7) is 0. The predicted molar refractivity (Wildman–Crippen MR) is 255 cm³/mol. The molecule has 292 valence electrons. The Bertz CT molecular complexity index is 3270. The van der Waals surface area contributed by atoms with Gasteiger partial charge in [0.05, 0.1) is 5.52 Å². The van der Waals surface area contributed by atoms with Gasteiger partial charge in [-0.1, -0.05) is 170 Å². The SMILES string of the molecule is C1=CC2C3=C(C=CC2c2ccc(-c4cc(-c5ccc(-c6ccnc7ccccc67)cc5)cc(-c5nc(C6=CCCC=C6)nc(-c6ccccc6)n5)c4)cc2)c2ccccc2C3=C1. The van der Waals surface area contributed by atoms with Crippen molar-refractivity contribution >= 4 is 27.6 Å². The topological polar surface area (TPSA) is 51.6 Å². The van der Waals surface area contributed by atoms with Gasteiger partial charge in [0.15, 0.2) is 17.5 Å². The first-order chi connectivity index (χ1) is 30.7. The van der Waals surface area contributed by atoms with Gasteiger partial charge in [0.2, 0.25) is 0 Å². The van der Waals surface area contributed by atoms with Crippen LogP contribution in [0.25, 0.3) is 83.8 Å². The number of allylic oxidation sites excluding steroid dienone is 12. The van der Waals surface area contributed by atoms with Crippen molar-refractivity contribution in [3.63, 3.8) is 0 Å². The Labute approximate surface area is 361 Å². The van der Waals surface area contributed by atoms with Crippen molar-refractivity contribution in [3.8, 4) is 56.2 Å². The van der Waals surface area contributed by atoms with Crippen LogP contribution in [0.1, 0.15) is 41.3 Å². The van der Waals surface area contributed by atoms with Crippen LogP contribution in [0.5, 0.6) is 0 Å². The van der Waals surface area contributed by atoms with E-state index in [0.717, 1.165) is 68.3 Å². The maximum absolute atomic E-state index is 5.18. The van der Waals surface area contributed by atoms with E-state index >= 15 is 0 Å². The highest BCUT2D eigenvalue weighted by atomic mass is 15.0. The molecule has 0 N–H and O–H groups in total. The van der Waals surface area contributed by atoms with Crippen molar-refractivity contribution in [3.05, 3.63) is 235 Å². The fourth-order valence-corrected chi connectivity index (χ4v) is 9.72. The molecule has 6 aromatic carbocycles. The summed E-state index contributed by atoms with van der Waals surface area (Å²) in [5.74, 6) is 2.54. The molecule has 0 spiro atoms. The first kappa shape index (κ1) is 36.1. The van der Waals surface area contributed by atoms with Crippen molar-refractivity contribution in [2.24, 2.45) is 5.92 Å². The molecule has 0 amide bonds. The Hall–Kier alpha value is -7.82. The van der Waals surface area contributed by atoms with Crippen LogP contribution in [0, 0.1) is 5.92 Å². The summed E-state index contributed by atoms with van der Waals surface area (Å²) in [6.07, 6.45) is 22.1. The Morgan fingerprint density at radius 1 is 0.468 bits per heavy atom. The smallest absolute Gasteiger partial charge is 0.164 e. The second kappa shape index (κ2) is 15.0. The van der Waals surface area contributed by atoms with Gasteiger partial charge >= 0.3 is 0 Å². The summed E-state index contributed by atoms with van der Waals surface area (Å²) in [5, 5.41) is 1.14. The fourth-order valence-electron chi connectivity index (χ4n) is 9.72. The zero-order chi connectivity index (χ0) is 41.0. The normalized spacial score (nSPS) is 17.2. The summed E-state index contributed by atoms with van der Waals surface area (Å²) >= 11 is 0. The molecule has 0 radical (unpaired) electrons. The van der Waals surface area contributed by atoms with E-state index in [2.05, 4.69) is 181 Å². The largest absolute Gasteiger partial charge is 0.256 e. The van der Waals surface area contributed by atoms with Crippen LogP contribution >= 0.6 is 0 Å². The van der Waals surface area contributed by atoms with Crippen molar-refractivity contribution in [1.29, 1.82) is 0 Å². The average molecular weight is 793 g/mol. The molecule has 0 bridgehead atoms. The molecule has 4 heteroatoms. The van der Waals surface area contributed by atoms with Crippen LogP contribution in [0.3, 0.4) is 0 Å². The van der Waals surface area contributed by atoms with E-state index in [0.29, 0.717) is 23.4 Å². The van der Waals surface area contributed by atoms with Crippen molar-refractivity contribution in [2.45, 2.75) is 18.8 Å². The fraction of sp³-hybridized carbons (Fsp3) is 0.0690. The zero-order valence-electron chi connectivity index (χ0n) is 34.0. The first-order valence-corrected chi connectivity index (χ1v) is 21.5. The minimum atomic E-state index is 0.248. The number of benzene rings is 6. The molecular formula is C58H40N4. The average Bonchev–Trinajstić information content (AvgIpc) is 3.69. The second-order valence-electron chi connectivity index (χ2n) is 16.4. The van der Waals surface area contributed by atoms with E-state index < -0.39 is 0 Å². The highest BCUT2D eigenvalue weighted by molar-refractivity contribution is 6.05. The summed E-state index contributed by atoms with van der Waals surface area (Å²) < 4.78 is 0. The van der Waals surface area contributed by atoms with E-state index in [-0.39, 0.29) is 5.92 Å². The lowest BCUT2D eigenvalue weighted by molar-refractivity contribution is 0.680. The molecule has 2 unspecified atom stereocenters. The number of hydrogen-bond acceptors (Lipinski definition) is 4. The molecule has 4 aliphatic carbocycles. The number of para-hydroxylation sites is 1. The number of hydrogen-bond donors (Lipinski definition) is 0. The standard InChI is InChI=1S/C58H40N4/c1-3-12-41(13-4-1)56-60-57(42-14-5-2-6-15-42)62-58(61-56)45-35-43(34-44(36-45)38-24-28-40(29-25-38)47-32-33-59-54-21-10-9-18-50(47)54)37-22-26-39(27-23-37)46-30-31-53-49-17-8-7-16-48(49)52-20-11-19-51(46)55(52)53/h1,3-5,7-36,46,51H,2,6H2. The Morgan fingerprint density at radius 2 is 1.15 bits per heavy atom. The maximum atomic E-state index is 5.18. The molecule has 2 atom stereocenters. The van der Waals surface area contributed by atoms with Crippen molar-refractivity contribution < 1.29 is 0 Å². The minimum absolute atomic E-state index is 0.248.